The molecule has 0 fully saturated rings. The van der Waals surface area contributed by atoms with E-state index in [2.05, 4.69) is 9.88 Å². The molecule has 0 aliphatic rings. The Morgan fingerprint density at radius 2 is 1.66 bits per heavy atom. The van der Waals surface area contributed by atoms with Gasteiger partial charge in [-0.25, -0.2) is 4.98 Å². The molecule has 1 N–H and O–H groups in total. The molecule has 146 valence electrons. The van der Waals surface area contributed by atoms with Gasteiger partial charge in [-0.1, -0.05) is 12.1 Å². The van der Waals surface area contributed by atoms with Gasteiger partial charge in [-0.2, -0.15) is 0 Å². The third-order valence-electron chi connectivity index (χ3n) is 4.64. The number of benzene rings is 3. The Hall–Kier alpha value is -3.80. The lowest BCUT2D eigenvalue weighted by atomic mass is 10.2. The standard InChI is InChI=1S/C23H21N3O3/c1-26-21-6-4-3-5-20(21)25-23(26)16-7-9-17(10-8-16)24-22(27)15-29-19-13-11-18(28-2)12-14-19/h3-14H,15H2,1-2H3,(H,24,27). The molecule has 0 saturated carbocycles. The van der Waals surface area contributed by atoms with Gasteiger partial charge in [0.15, 0.2) is 6.61 Å². The second-order valence-corrected chi connectivity index (χ2v) is 6.57. The number of aromatic nitrogens is 2. The number of nitrogens with zero attached hydrogens (tertiary/aromatic N) is 2. The number of aryl methyl sites for hydroxylation is 1. The normalized spacial score (nSPS) is 10.7. The second kappa shape index (κ2) is 8.06. The Labute approximate surface area is 168 Å². The number of rotatable bonds is 6. The number of para-hydroxylation sites is 2. The fourth-order valence-electron chi connectivity index (χ4n) is 3.12. The minimum Gasteiger partial charge on any atom is -0.497 e. The molecule has 0 bridgehead atoms. The van der Waals surface area contributed by atoms with Gasteiger partial charge in [0.2, 0.25) is 0 Å². The maximum absolute atomic E-state index is 12.2. The first kappa shape index (κ1) is 18.6. The third kappa shape index (κ3) is 4.06. The molecule has 4 aromatic rings. The number of nitrogens with one attached hydrogen (secondary N) is 1. The number of carbonyl (C=O) groups excluding carboxylic acids is 1. The Bertz CT molecular complexity index is 1130. The van der Waals surface area contributed by atoms with Crippen LogP contribution in [0.25, 0.3) is 22.4 Å². The molecule has 1 aromatic heterocycles. The van der Waals surface area contributed by atoms with Crippen molar-refractivity contribution >= 4 is 22.6 Å². The van der Waals surface area contributed by atoms with E-state index in [1.165, 1.54) is 0 Å². The van der Waals surface area contributed by atoms with Crippen molar-refractivity contribution in [3.8, 4) is 22.9 Å². The van der Waals surface area contributed by atoms with Crippen LogP contribution in [-0.4, -0.2) is 29.2 Å². The summed E-state index contributed by atoms with van der Waals surface area (Å²) in [5, 5.41) is 2.84. The average molecular weight is 387 g/mol. The van der Waals surface area contributed by atoms with Gasteiger partial charge < -0.3 is 19.4 Å². The number of amides is 1. The number of ether oxygens (including phenoxy) is 2. The quantitative estimate of drug-likeness (QED) is 0.537. The molecule has 6 nitrogen and oxygen atoms in total. The van der Waals surface area contributed by atoms with Crippen LogP contribution < -0.4 is 14.8 Å². The van der Waals surface area contributed by atoms with Crippen LogP contribution >= 0.6 is 0 Å². The predicted molar refractivity (Wildman–Crippen MR) is 113 cm³/mol. The van der Waals surface area contributed by atoms with Gasteiger partial charge in [-0.3, -0.25) is 4.79 Å². The van der Waals surface area contributed by atoms with Crippen molar-refractivity contribution in [3.05, 3.63) is 72.8 Å². The van der Waals surface area contributed by atoms with Crippen LogP contribution in [0.3, 0.4) is 0 Å². The molecule has 0 atom stereocenters. The lowest BCUT2D eigenvalue weighted by molar-refractivity contribution is -0.118. The first-order valence-electron chi connectivity index (χ1n) is 9.22. The summed E-state index contributed by atoms with van der Waals surface area (Å²) in [6, 6.07) is 22.7. The molecule has 0 radical (unpaired) electrons. The maximum atomic E-state index is 12.2. The van der Waals surface area contributed by atoms with Crippen LogP contribution in [0.15, 0.2) is 72.8 Å². The van der Waals surface area contributed by atoms with E-state index in [9.17, 15) is 4.79 Å². The van der Waals surface area contributed by atoms with E-state index in [1.54, 1.807) is 31.4 Å². The number of imidazole rings is 1. The first-order chi connectivity index (χ1) is 14.1. The second-order valence-electron chi connectivity index (χ2n) is 6.57. The van der Waals surface area contributed by atoms with Gasteiger partial charge in [0.1, 0.15) is 17.3 Å². The highest BCUT2D eigenvalue weighted by Gasteiger charge is 2.10. The van der Waals surface area contributed by atoms with Gasteiger partial charge in [0, 0.05) is 18.3 Å². The van der Waals surface area contributed by atoms with Crippen LogP contribution in [-0.2, 0) is 11.8 Å². The van der Waals surface area contributed by atoms with Crippen LogP contribution in [0.2, 0.25) is 0 Å². The van der Waals surface area contributed by atoms with Crippen molar-refractivity contribution in [2.24, 2.45) is 7.05 Å². The maximum Gasteiger partial charge on any atom is 0.262 e. The lowest BCUT2D eigenvalue weighted by Gasteiger charge is -2.09. The predicted octanol–water partition coefficient (Wildman–Crippen LogP) is 4.27. The highest BCUT2D eigenvalue weighted by atomic mass is 16.5. The van der Waals surface area contributed by atoms with Crippen LogP contribution in [0, 0.1) is 0 Å². The summed E-state index contributed by atoms with van der Waals surface area (Å²) in [5.41, 5.74) is 3.72. The van der Waals surface area contributed by atoms with Gasteiger partial charge >= 0.3 is 0 Å². The Morgan fingerprint density at radius 1 is 0.966 bits per heavy atom. The molecule has 4 rings (SSSR count). The Kier molecular flexibility index (Phi) is 5.16. The topological polar surface area (TPSA) is 65.4 Å². The SMILES string of the molecule is COc1ccc(OCC(=O)Nc2ccc(-c3nc4ccccc4n3C)cc2)cc1. The zero-order valence-electron chi connectivity index (χ0n) is 16.3. The molecule has 3 aromatic carbocycles. The third-order valence-corrected chi connectivity index (χ3v) is 4.64. The lowest BCUT2D eigenvalue weighted by Crippen LogP contribution is -2.20. The molecule has 0 unspecified atom stereocenters. The number of anilines is 1. The molecule has 0 saturated heterocycles. The minimum atomic E-state index is -0.226. The summed E-state index contributed by atoms with van der Waals surface area (Å²) >= 11 is 0. The monoisotopic (exact) mass is 387 g/mol. The summed E-state index contributed by atoms with van der Waals surface area (Å²) in [7, 11) is 3.60. The molecule has 0 aliphatic carbocycles. The van der Waals surface area contributed by atoms with Crippen LogP contribution in [0.1, 0.15) is 0 Å². The average Bonchev–Trinajstić information content (AvgIpc) is 3.10. The van der Waals surface area contributed by atoms with E-state index in [0.717, 1.165) is 28.2 Å². The van der Waals surface area contributed by atoms with E-state index in [-0.39, 0.29) is 12.5 Å². The van der Waals surface area contributed by atoms with Gasteiger partial charge in [0.25, 0.3) is 5.91 Å². The summed E-state index contributed by atoms with van der Waals surface area (Å²) < 4.78 is 12.7. The first-order valence-corrected chi connectivity index (χ1v) is 9.22. The van der Waals surface area contributed by atoms with Gasteiger partial charge in [-0.15, -0.1) is 0 Å². The molecule has 1 amide bonds. The fraction of sp³-hybridized carbons (Fsp3) is 0.130. The number of fused-ring (bicyclic) bond motifs is 1. The summed E-state index contributed by atoms with van der Waals surface area (Å²) in [5.74, 6) is 2.00. The van der Waals surface area contributed by atoms with E-state index < -0.39 is 0 Å². The van der Waals surface area contributed by atoms with Crippen LogP contribution in [0.5, 0.6) is 11.5 Å². The number of carbonyl (C=O) groups is 1. The highest BCUT2D eigenvalue weighted by molar-refractivity contribution is 5.92. The van der Waals surface area contributed by atoms with Crippen molar-refractivity contribution in [1.82, 2.24) is 9.55 Å². The van der Waals surface area contributed by atoms with Crippen molar-refractivity contribution in [1.29, 1.82) is 0 Å². The Morgan fingerprint density at radius 3 is 2.34 bits per heavy atom. The van der Waals surface area contributed by atoms with Crippen molar-refractivity contribution in [3.63, 3.8) is 0 Å². The number of hydrogen-bond donors (Lipinski definition) is 1. The zero-order valence-corrected chi connectivity index (χ0v) is 16.3. The molecule has 29 heavy (non-hydrogen) atoms. The summed E-state index contributed by atoms with van der Waals surface area (Å²) in [6.45, 7) is -0.0706. The van der Waals surface area contributed by atoms with E-state index >= 15 is 0 Å². The summed E-state index contributed by atoms with van der Waals surface area (Å²) in [6.07, 6.45) is 0. The number of methoxy groups -OCH3 is 1. The molecule has 0 aliphatic heterocycles. The smallest absolute Gasteiger partial charge is 0.262 e. The largest absolute Gasteiger partial charge is 0.497 e. The molecule has 6 heteroatoms. The molecular formula is C23H21N3O3. The molecular weight excluding hydrogens is 366 g/mol. The van der Waals surface area contributed by atoms with Crippen molar-refractivity contribution < 1.29 is 14.3 Å². The van der Waals surface area contributed by atoms with E-state index in [0.29, 0.717) is 11.4 Å². The van der Waals surface area contributed by atoms with Crippen molar-refractivity contribution in [2.75, 3.05) is 19.0 Å². The number of hydrogen-bond acceptors (Lipinski definition) is 4. The Balaban J connectivity index is 1.39. The fourth-order valence-corrected chi connectivity index (χ4v) is 3.12. The van der Waals surface area contributed by atoms with Crippen molar-refractivity contribution in [2.45, 2.75) is 0 Å². The van der Waals surface area contributed by atoms with Gasteiger partial charge in [-0.05, 0) is 60.7 Å². The van der Waals surface area contributed by atoms with Gasteiger partial charge in [0.05, 0.1) is 18.1 Å². The summed E-state index contributed by atoms with van der Waals surface area (Å²) in [4.78, 5) is 16.9. The highest BCUT2D eigenvalue weighted by Crippen LogP contribution is 2.24. The zero-order chi connectivity index (χ0) is 20.2. The van der Waals surface area contributed by atoms with Crippen LogP contribution in [0.4, 0.5) is 5.69 Å². The molecule has 1 heterocycles. The van der Waals surface area contributed by atoms with E-state index in [1.807, 2.05) is 55.6 Å². The van der Waals surface area contributed by atoms with E-state index in [4.69, 9.17) is 14.5 Å². The minimum absolute atomic E-state index is 0.0706. The molecule has 0 spiro atoms.